The number of nitrogens with zero attached hydrogens (tertiary/aromatic N) is 2. The Labute approximate surface area is 94.9 Å². The number of aromatic carboxylic acids is 1. The summed E-state index contributed by atoms with van der Waals surface area (Å²) >= 11 is 0. The van der Waals surface area contributed by atoms with Gasteiger partial charge in [0.2, 0.25) is 0 Å². The largest absolute Gasteiger partial charge is 0.545 e. The summed E-state index contributed by atoms with van der Waals surface area (Å²) in [6, 6.07) is 4.32. The molecule has 0 N–H and O–H groups in total. The van der Waals surface area contributed by atoms with Crippen LogP contribution in [-0.4, -0.2) is 15.9 Å². The molecule has 0 atom stereocenters. The maximum absolute atomic E-state index is 12.6. The molecule has 0 spiro atoms. The first-order chi connectivity index (χ1) is 7.99. The molecule has 0 aromatic carbocycles. The molecule has 2 heterocycles. The highest BCUT2D eigenvalue weighted by molar-refractivity contribution is 5.92. The fourth-order valence-corrected chi connectivity index (χ4v) is 1.49. The number of hydrogen-bond acceptors (Lipinski definition) is 4. The van der Waals surface area contributed by atoms with E-state index < -0.39 is 23.7 Å². The van der Waals surface area contributed by atoms with E-state index in [-0.39, 0.29) is 5.65 Å². The third-order valence-corrected chi connectivity index (χ3v) is 2.27. The van der Waals surface area contributed by atoms with Gasteiger partial charge >= 0.3 is 0 Å². The molecule has 0 aliphatic rings. The summed E-state index contributed by atoms with van der Waals surface area (Å²) in [4.78, 5) is 18.3. The lowest BCUT2D eigenvalue weighted by Gasteiger charge is -2.10. The second-order valence-electron chi connectivity index (χ2n) is 3.51. The molecule has 2 rings (SSSR count). The third kappa shape index (κ3) is 2.06. The van der Waals surface area contributed by atoms with Gasteiger partial charge in [0.15, 0.2) is 5.65 Å². The van der Waals surface area contributed by atoms with E-state index in [1.54, 1.807) is 19.1 Å². The molecule has 2 aromatic rings. The van der Waals surface area contributed by atoms with E-state index in [1.807, 2.05) is 0 Å². The predicted octanol–water partition coefficient (Wildman–Crippen LogP) is 1.24. The van der Waals surface area contributed by atoms with Crippen molar-refractivity contribution in [3.63, 3.8) is 0 Å². The summed E-state index contributed by atoms with van der Waals surface area (Å²) in [5.74, 6) is -1.67. The van der Waals surface area contributed by atoms with E-state index in [9.17, 15) is 18.7 Å². The fraction of sp³-hybridized carbons (Fsp3) is 0.182. The van der Waals surface area contributed by atoms with Crippen LogP contribution in [0.25, 0.3) is 11.0 Å². The number of fused-ring (bicyclic) bond motifs is 1. The van der Waals surface area contributed by atoms with Crippen LogP contribution in [0.1, 0.15) is 28.2 Å². The molecule has 0 bridgehead atoms. The normalized spacial score (nSPS) is 11.1. The van der Waals surface area contributed by atoms with E-state index in [2.05, 4.69) is 9.97 Å². The number of pyridine rings is 2. The van der Waals surface area contributed by atoms with Crippen LogP contribution < -0.4 is 5.11 Å². The van der Waals surface area contributed by atoms with E-state index in [0.29, 0.717) is 11.1 Å². The maximum atomic E-state index is 12.6. The second kappa shape index (κ2) is 4.04. The van der Waals surface area contributed by atoms with Crippen molar-refractivity contribution < 1.29 is 18.7 Å². The number of hydrogen-bond donors (Lipinski definition) is 0. The summed E-state index contributed by atoms with van der Waals surface area (Å²) in [6.07, 6.45) is -2.98. The summed E-state index contributed by atoms with van der Waals surface area (Å²) < 4.78 is 25.3. The van der Waals surface area contributed by atoms with E-state index in [4.69, 9.17) is 0 Å². The van der Waals surface area contributed by atoms with E-state index in [0.717, 1.165) is 6.07 Å². The molecular weight excluding hydrogens is 230 g/mol. The zero-order chi connectivity index (χ0) is 12.6. The Bertz CT molecular complexity index is 599. The zero-order valence-corrected chi connectivity index (χ0v) is 8.78. The number of halogens is 2. The van der Waals surface area contributed by atoms with Crippen LogP contribution in [-0.2, 0) is 0 Å². The second-order valence-corrected chi connectivity index (χ2v) is 3.51. The maximum Gasteiger partial charge on any atom is 0.281 e. The lowest BCUT2D eigenvalue weighted by Crippen LogP contribution is -2.24. The molecule has 0 saturated heterocycles. The molecular formula is C11H7F2N2O2-. The highest BCUT2D eigenvalue weighted by Crippen LogP contribution is 2.24. The standard InChI is InChI=1S/C11H8F2N2O2/c1-5-2-3-6-4-7(11(16)17)8(9(12)13)15-10(6)14-5/h2-4,9H,1H3,(H,16,17)/p-1. The summed E-state index contributed by atoms with van der Waals surface area (Å²) in [6.45, 7) is 1.69. The summed E-state index contributed by atoms with van der Waals surface area (Å²) in [5, 5.41) is 11.1. The van der Waals surface area contributed by atoms with Crippen molar-refractivity contribution >= 4 is 17.0 Å². The Hall–Kier alpha value is -2.11. The van der Waals surface area contributed by atoms with Crippen LogP contribution in [0.5, 0.6) is 0 Å². The van der Waals surface area contributed by atoms with Crippen LogP contribution in [0.3, 0.4) is 0 Å². The van der Waals surface area contributed by atoms with Gasteiger partial charge in [0.1, 0.15) is 5.69 Å². The molecule has 0 fully saturated rings. The van der Waals surface area contributed by atoms with Crippen molar-refractivity contribution in [2.24, 2.45) is 0 Å². The van der Waals surface area contributed by atoms with Crippen molar-refractivity contribution in [3.8, 4) is 0 Å². The fourth-order valence-electron chi connectivity index (χ4n) is 1.49. The van der Waals surface area contributed by atoms with Crippen molar-refractivity contribution in [3.05, 3.63) is 35.2 Å². The van der Waals surface area contributed by atoms with E-state index in [1.165, 1.54) is 0 Å². The first-order valence-corrected chi connectivity index (χ1v) is 4.77. The first-order valence-electron chi connectivity index (χ1n) is 4.77. The molecule has 0 aliphatic carbocycles. The van der Waals surface area contributed by atoms with E-state index >= 15 is 0 Å². The van der Waals surface area contributed by atoms with Gasteiger partial charge in [0, 0.05) is 16.6 Å². The Balaban J connectivity index is 2.77. The highest BCUT2D eigenvalue weighted by Gasteiger charge is 2.17. The van der Waals surface area contributed by atoms with Crippen LogP contribution in [0.2, 0.25) is 0 Å². The van der Waals surface area contributed by atoms with Crippen molar-refractivity contribution in [1.82, 2.24) is 9.97 Å². The Kier molecular flexibility index (Phi) is 2.71. The zero-order valence-electron chi connectivity index (χ0n) is 8.78. The Morgan fingerprint density at radius 2 is 2.06 bits per heavy atom. The molecule has 0 unspecified atom stereocenters. The van der Waals surface area contributed by atoms with Gasteiger partial charge in [0.25, 0.3) is 6.43 Å². The van der Waals surface area contributed by atoms with Gasteiger partial charge in [-0.05, 0) is 25.1 Å². The smallest absolute Gasteiger partial charge is 0.281 e. The number of aryl methyl sites for hydroxylation is 1. The minimum absolute atomic E-state index is 0.102. The monoisotopic (exact) mass is 237 g/mol. The number of carbonyl (C=O) groups is 1. The lowest BCUT2D eigenvalue weighted by atomic mass is 10.1. The number of alkyl halides is 2. The summed E-state index contributed by atoms with van der Waals surface area (Å²) in [5.41, 5.74) is -0.689. The first kappa shape index (κ1) is 11.4. The minimum Gasteiger partial charge on any atom is -0.545 e. The van der Waals surface area contributed by atoms with Crippen LogP contribution >= 0.6 is 0 Å². The van der Waals surface area contributed by atoms with Gasteiger partial charge in [-0.3, -0.25) is 0 Å². The Morgan fingerprint density at radius 3 is 2.65 bits per heavy atom. The van der Waals surface area contributed by atoms with Gasteiger partial charge in [-0.1, -0.05) is 0 Å². The molecule has 17 heavy (non-hydrogen) atoms. The van der Waals surface area contributed by atoms with Crippen molar-refractivity contribution in [1.29, 1.82) is 0 Å². The minimum atomic E-state index is -2.98. The average Bonchev–Trinajstić information content (AvgIpc) is 2.26. The summed E-state index contributed by atoms with van der Waals surface area (Å²) in [7, 11) is 0. The van der Waals surface area contributed by atoms with Gasteiger partial charge in [0.05, 0.1) is 5.97 Å². The number of aromatic nitrogens is 2. The van der Waals surface area contributed by atoms with Crippen LogP contribution in [0.15, 0.2) is 18.2 Å². The quantitative estimate of drug-likeness (QED) is 0.788. The molecule has 0 amide bonds. The third-order valence-electron chi connectivity index (χ3n) is 2.27. The molecule has 4 nitrogen and oxygen atoms in total. The molecule has 6 heteroatoms. The van der Waals surface area contributed by atoms with Gasteiger partial charge in [-0.15, -0.1) is 0 Å². The lowest BCUT2D eigenvalue weighted by molar-refractivity contribution is -0.255. The molecule has 0 radical (unpaired) electrons. The van der Waals surface area contributed by atoms with Gasteiger partial charge < -0.3 is 9.90 Å². The number of rotatable bonds is 2. The van der Waals surface area contributed by atoms with Crippen LogP contribution in [0.4, 0.5) is 8.78 Å². The average molecular weight is 237 g/mol. The highest BCUT2D eigenvalue weighted by atomic mass is 19.3. The SMILES string of the molecule is Cc1ccc2cc(C(=O)[O-])c(C(F)F)nc2n1. The van der Waals surface area contributed by atoms with Gasteiger partial charge in [-0.2, -0.15) is 0 Å². The number of carboxylic acids is 1. The predicted molar refractivity (Wildman–Crippen MR) is 53.6 cm³/mol. The number of carbonyl (C=O) groups excluding carboxylic acids is 1. The molecule has 2 aromatic heterocycles. The van der Waals surface area contributed by atoms with Crippen LogP contribution in [0, 0.1) is 6.92 Å². The van der Waals surface area contributed by atoms with Gasteiger partial charge in [-0.25, -0.2) is 18.7 Å². The molecule has 0 saturated carbocycles. The molecule has 0 aliphatic heterocycles. The molecule has 88 valence electrons. The Morgan fingerprint density at radius 1 is 1.35 bits per heavy atom. The van der Waals surface area contributed by atoms with Crippen molar-refractivity contribution in [2.75, 3.05) is 0 Å². The number of carboxylic acid groups (broad SMARTS) is 1. The topological polar surface area (TPSA) is 65.9 Å². The van der Waals surface area contributed by atoms with Crippen molar-refractivity contribution in [2.45, 2.75) is 13.3 Å².